The van der Waals surface area contributed by atoms with Gasteiger partial charge < -0.3 is 18.9 Å². The maximum Gasteiger partial charge on any atom is 0.337 e. The molecule has 0 aromatic heterocycles. The number of benzene rings is 1. The van der Waals surface area contributed by atoms with Crippen LogP contribution < -0.4 is 4.74 Å². The van der Waals surface area contributed by atoms with Crippen molar-refractivity contribution in [2.45, 2.75) is 4.90 Å². The molecule has 0 aliphatic heterocycles. The summed E-state index contributed by atoms with van der Waals surface area (Å²) < 4.78 is 43.3. The fourth-order valence-electron chi connectivity index (χ4n) is 1.47. The van der Waals surface area contributed by atoms with Crippen LogP contribution in [0.15, 0.2) is 23.1 Å². The number of carbonyl (C=O) groups excluding carboxylic acids is 1. The highest BCUT2D eigenvalue weighted by molar-refractivity contribution is 7.90. The van der Waals surface area contributed by atoms with E-state index in [0.29, 0.717) is 13.2 Å². The van der Waals surface area contributed by atoms with Gasteiger partial charge in [-0.15, -0.1) is 0 Å². The topological polar surface area (TPSA) is 88.1 Å². The van der Waals surface area contributed by atoms with Crippen molar-refractivity contribution < 1.29 is 32.2 Å². The summed E-state index contributed by atoms with van der Waals surface area (Å²) in [6.45, 7) is 0.609. The van der Waals surface area contributed by atoms with Crippen LogP contribution in [0.5, 0.6) is 5.75 Å². The number of esters is 1. The fraction of sp³-hybridized carbons (Fsp3) is 0.462. The lowest BCUT2D eigenvalue weighted by atomic mass is 10.2. The SMILES string of the molecule is COCCOCOc1ccc(C(=O)OC)cc1S(C)(=O)=O. The van der Waals surface area contributed by atoms with Crippen LogP contribution in [-0.2, 0) is 24.0 Å². The normalized spacial score (nSPS) is 11.2. The van der Waals surface area contributed by atoms with Crippen molar-refractivity contribution in [3.8, 4) is 5.75 Å². The first kappa shape index (κ1) is 17.4. The van der Waals surface area contributed by atoms with Gasteiger partial charge in [0.05, 0.1) is 25.9 Å². The first-order chi connectivity index (χ1) is 9.90. The highest BCUT2D eigenvalue weighted by Crippen LogP contribution is 2.25. The lowest BCUT2D eigenvalue weighted by Gasteiger charge is -2.11. The molecular weight excluding hydrogens is 300 g/mol. The molecule has 0 amide bonds. The minimum atomic E-state index is -3.56. The van der Waals surface area contributed by atoms with Gasteiger partial charge >= 0.3 is 5.97 Å². The van der Waals surface area contributed by atoms with E-state index < -0.39 is 15.8 Å². The maximum atomic E-state index is 11.8. The molecule has 1 aromatic rings. The van der Waals surface area contributed by atoms with Crippen molar-refractivity contribution in [1.29, 1.82) is 0 Å². The third-order valence-electron chi connectivity index (χ3n) is 2.49. The summed E-state index contributed by atoms with van der Waals surface area (Å²) in [7, 11) is -0.800. The largest absolute Gasteiger partial charge is 0.466 e. The van der Waals surface area contributed by atoms with Crippen molar-refractivity contribution in [3.63, 3.8) is 0 Å². The average molecular weight is 318 g/mol. The smallest absolute Gasteiger partial charge is 0.337 e. The Morgan fingerprint density at radius 2 is 1.90 bits per heavy atom. The van der Waals surface area contributed by atoms with Crippen LogP contribution in [0.25, 0.3) is 0 Å². The third kappa shape index (κ3) is 5.33. The van der Waals surface area contributed by atoms with Gasteiger partial charge in [-0.25, -0.2) is 13.2 Å². The van der Waals surface area contributed by atoms with Crippen LogP contribution in [0.2, 0.25) is 0 Å². The monoisotopic (exact) mass is 318 g/mol. The Morgan fingerprint density at radius 1 is 1.19 bits per heavy atom. The molecule has 21 heavy (non-hydrogen) atoms. The summed E-state index contributed by atoms with van der Waals surface area (Å²) >= 11 is 0. The van der Waals surface area contributed by atoms with Crippen LogP contribution in [0.1, 0.15) is 10.4 Å². The number of carbonyl (C=O) groups is 1. The van der Waals surface area contributed by atoms with Crippen LogP contribution in [0, 0.1) is 0 Å². The Hall–Kier alpha value is -1.64. The minimum Gasteiger partial charge on any atom is -0.466 e. The molecule has 1 aromatic carbocycles. The van der Waals surface area contributed by atoms with Gasteiger partial charge in [-0.3, -0.25) is 0 Å². The van der Waals surface area contributed by atoms with Crippen molar-refractivity contribution in [3.05, 3.63) is 23.8 Å². The van der Waals surface area contributed by atoms with Crippen molar-refractivity contribution in [2.24, 2.45) is 0 Å². The van der Waals surface area contributed by atoms with E-state index in [-0.39, 0.29) is 23.0 Å². The second kappa shape index (κ2) is 7.96. The third-order valence-corrected chi connectivity index (χ3v) is 3.61. The molecule has 0 saturated heterocycles. The van der Waals surface area contributed by atoms with Crippen LogP contribution >= 0.6 is 0 Å². The fourth-order valence-corrected chi connectivity index (χ4v) is 2.30. The summed E-state index contributed by atoms with van der Waals surface area (Å²) in [6.07, 6.45) is 1.03. The summed E-state index contributed by atoms with van der Waals surface area (Å²) in [5, 5.41) is 0. The molecule has 118 valence electrons. The van der Waals surface area contributed by atoms with E-state index in [4.69, 9.17) is 14.2 Å². The van der Waals surface area contributed by atoms with Gasteiger partial charge in [-0.2, -0.15) is 0 Å². The van der Waals surface area contributed by atoms with Crippen molar-refractivity contribution in [2.75, 3.05) is 40.5 Å². The molecule has 0 saturated carbocycles. The van der Waals surface area contributed by atoms with Gasteiger partial charge in [-0.1, -0.05) is 0 Å². The number of rotatable bonds is 8. The van der Waals surface area contributed by atoms with Gasteiger partial charge in [-0.05, 0) is 18.2 Å². The van der Waals surface area contributed by atoms with Gasteiger partial charge in [0.1, 0.15) is 10.6 Å². The summed E-state index contributed by atoms with van der Waals surface area (Å²) in [6, 6.07) is 4.03. The zero-order valence-corrected chi connectivity index (χ0v) is 12.9. The molecule has 0 bridgehead atoms. The quantitative estimate of drug-likeness (QED) is 0.399. The predicted octanol–water partition coefficient (Wildman–Crippen LogP) is 0.876. The highest BCUT2D eigenvalue weighted by atomic mass is 32.2. The molecule has 0 spiro atoms. The molecule has 1 rings (SSSR count). The molecule has 7 nitrogen and oxygen atoms in total. The van der Waals surface area contributed by atoms with Gasteiger partial charge in [0, 0.05) is 13.4 Å². The average Bonchev–Trinajstić information content (AvgIpc) is 2.45. The first-order valence-electron chi connectivity index (χ1n) is 6.02. The van der Waals surface area contributed by atoms with Crippen LogP contribution in [-0.4, -0.2) is 54.9 Å². The van der Waals surface area contributed by atoms with Crippen LogP contribution in [0.4, 0.5) is 0 Å². The Morgan fingerprint density at radius 3 is 2.48 bits per heavy atom. The zero-order chi connectivity index (χ0) is 15.9. The Kier molecular flexibility index (Phi) is 6.60. The van der Waals surface area contributed by atoms with E-state index in [1.54, 1.807) is 0 Å². The highest BCUT2D eigenvalue weighted by Gasteiger charge is 2.18. The molecule has 0 radical (unpaired) electrons. The van der Waals surface area contributed by atoms with Gasteiger partial charge in [0.25, 0.3) is 0 Å². The second-order valence-corrected chi connectivity index (χ2v) is 6.07. The Bertz CT molecular complexity index is 580. The van der Waals surface area contributed by atoms with E-state index in [1.807, 2.05) is 0 Å². The zero-order valence-electron chi connectivity index (χ0n) is 12.1. The van der Waals surface area contributed by atoms with Crippen LogP contribution in [0.3, 0.4) is 0 Å². The molecule has 8 heteroatoms. The molecule has 0 unspecified atom stereocenters. The number of hydrogen-bond acceptors (Lipinski definition) is 7. The summed E-state index contributed by atoms with van der Waals surface area (Å²) in [4.78, 5) is 11.3. The summed E-state index contributed by atoms with van der Waals surface area (Å²) in [5.41, 5.74) is 0.130. The Balaban J connectivity index is 2.90. The van der Waals surface area contributed by atoms with Gasteiger partial charge in [0.15, 0.2) is 16.6 Å². The summed E-state index contributed by atoms with van der Waals surface area (Å²) in [5.74, 6) is -0.509. The Labute approximate surface area is 123 Å². The molecule has 0 aliphatic carbocycles. The van der Waals surface area contributed by atoms with E-state index in [2.05, 4.69) is 4.74 Å². The molecule has 0 N–H and O–H groups in total. The van der Waals surface area contributed by atoms with Crippen molar-refractivity contribution in [1.82, 2.24) is 0 Å². The molecule has 0 heterocycles. The first-order valence-corrected chi connectivity index (χ1v) is 7.91. The standard InChI is InChI=1S/C13H18O7S/c1-17-6-7-19-9-20-11-5-4-10(13(14)18-2)8-12(11)21(3,15)16/h4-5,8H,6-7,9H2,1-3H3. The van der Waals surface area contributed by atoms with E-state index in [1.165, 1.54) is 32.4 Å². The number of sulfone groups is 1. The molecule has 0 aliphatic rings. The predicted molar refractivity (Wildman–Crippen MR) is 74.2 cm³/mol. The number of hydrogen-bond donors (Lipinski definition) is 0. The molecular formula is C13H18O7S. The second-order valence-electron chi connectivity index (χ2n) is 4.09. The maximum absolute atomic E-state index is 11.8. The number of methoxy groups -OCH3 is 2. The molecule has 0 fully saturated rings. The van der Waals surface area contributed by atoms with E-state index >= 15 is 0 Å². The van der Waals surface area contributed by atoms with Crippen molar-refractivity contribution >= 4 is 15.8 Å². The lowest BCUT2D eigenvalue weighted by Crippen LogP contribution is -2.11. The molecule has 0 atom stereocenters. The van der Waals surface area contributed by atoms with E-state index in [9.17, 15) is 13.2 Å². The lowest BCUT2D eigenvalue weighted by molar-refractivity contribution is -0.00971. The number of ether oxygens (including phenoxy) is 4. The minimum absolute atomic E-state index is 0.0965. The van der Waals surface area contributed by atoms with Gasteiger partial charge in [0.2, 0.25) is 0 Å². The van der Waals surface area contributed by atoms with E-state index in [0.717, 1.165) is 6.26 Å².